The summed E-state index contributed by atoms with van der Waals surface area (Å²) in [6.45, 7) is 8.86. The van der Waals surface area contributed by atoms with Gasteiger partial charge in [0, 0.05) is 18.5 Å². The van der Waals surface area contributed by atoms with Crippen LogP contribution in [0, 0.1) is 12.8 Å². The second-order valence-corrected chi connectivity index (χ2v) is 6.84. The van der Waals surface area contributed by atoms with E-state index >= 15 is 0 Å². The molecule has 0 fully saturated rings. The molecule has 0 unspecified atom stereocenters. The van der Waals surface area contributed by atoms with E-state index in [1.54, 1.807) is 11.8 Å². The van der Waals surface area contributed by atoms with E-state index < -0.39 is 11.9 Å². The minimum Gasteiger partial charge on any atom is -0.338 e. The van der Waals surface area contributed by atoms with Crippen LogP contribution in [0.25, 0.3) is 10.2 Å². The van der Waals surface area contributed by atoms with Crippen LogP contribution in [0.4, 0.5) is 13.2 Å². The number of amides is 1. The van der Waals surface area contributed by atoms with Crippen molar-refractivity contribution in [3.8, 4) is 0 Å². The molecule has 0 saturated heterocycles. The van der Waals surface area contributed by atoms with E-state index in [-0.39, 0.29) is 10.7 Å². The Morgan fingerprint density at radius 3 is 2.52 bits per heavy atom. The summed E-state index contributed by atoms with van der Waals surface area (Å²) in [6, 6.07) is 2.36. The van der Waals surface area contributed by atoms with Crippen LogP contribution >= 0.6 is 11.3 Å². The van der Waals surface area contributed by atoms with E-state index in [0.717, 1.165) is 17.4 Å². The van der Waals surface area contributed by atoms with E-state index in [0.29, 0.717) is 34.8 Å². The van der Waals surface area contributed by atoms with Crippen LogP contribution in [0.5, 0.6) is 0 Å². The zero-order chi connectivity index (χ0) is 17.4. The number of alkyl halides is 3. The van der Waals surface area contributed by atoms with Gasteiger partial charge in [-0.2, -0.15) is 13.2 Å². The molecule has 0 atom stereocenters. The fraction of sp³-hybridized carbons (Fsp3) is 0.500. The Labute approximate surface area is 137 Å². The zero-order valence-corrected chi connectivity index (χ0v) is 14.3. The standard InChI is InChI=1S/C16H19F3N2OS/c1-5-21(8-9(2)3)15(22)13-10(4)11-6-7-12(16(17,18)19)20-14(11)23-13/h6-7,9H,5,8H2,1-4H3. The van der Waals surface area contributed by atoms with Gasteiger partial charge < -0.3 is 4.90 Å². The van der Waals surface area contributed by atoms with Crippen molar-refractivity contribution in [1.82, 2.24) is 9.88 Å². The number of halogens is 3. The van der Waals surface area contributed by atoms with Gasteiger partial charge in [0.15, 0.2) is 0 Å². The van der Waals surface area contributed by atoms with Crippen LogP contribution in [0.1, 0.15) is 41.7 Å². The van der Waals surface area contributed by atoms with Crippen LogP contribution in [0.2, 0.25) is 0 Å². The quantitative estimate of drug-likeness (QED) is 0.802. The zero-order valence-electron chi connectivity index (χ0n) is 13.5. The second-order valence-electron chi connectivity index (χ2n) is 5.84. The average molecular weight is 344 g/mol. The number of hydrogen-bond donors (Lipinski definition) is 0. The molecule has 0 aliphatic heterocycles. The normalized spacial score (nSPS) is 12.2. The summed E-state index contributed by atoms with van der Waals surface area (Å²) in [6.07, 6.45) is -4.48. The number of carbonyl (C=O) groups is 1. The van der Waals surface area contributed by atoms with Crippen molar-refractivity contribution in [3.63, 3.8) is 0 Å². The van der Waals surface area contributed by atoms with E-state index in [2.05, 4.69) is 4.98 Å². The molecule has 0 aliphatic carbocycles. The predicted octanol–water partition coefficient (Wildman–Crippen LogP) is 4.74. The lowest BCUT2D eigenvalue weighted by Gasteiger charge is -2.22. The Hall–Kier alpha value is -1.63. The Bertz CT molecular complexity index is 722. The minimum atomic E-state index is -4.48. The molecule has 7 heteroatoms. The predicted molar refractivity (Wildman–Crippen MR) is 85.8 cm³/mol. The van der Waals surface area contributed by atoms with Gasteiger partial charge in [0.1, 0.15) is 10.5 Å². The molecule has 126 valence electrons. The SMILES string of the molecule is CCN(CC(C)C)C(=O)c1sc2nc(C(F)(F)F)ccc2c1C. The van der Waals surface area contributed by atoms with Crippen molar-refractivity contribution >= 4 is 27.5 Å². The van der Waals surface area contributed by atoms with Gasteiger partial charge in [-0.05, 0) is 37.5 Å². The largest absolute Gasteiger partial charge is 0.433 e. The van der Waals surface area contributed by atoms with Gasteiger partial charge >= 0.3 is 6.18 Å². The fourth-order valence-corrected chi connectivity index (χ4v) is 3.55. The van der Waals surface area contributed by atoms with E-state index in [4.69, 9.17) is 0 Å². The number of aromatic nitrogens is 1. The van der Waals surface area contributed by atoms with Gasteiger partial charge in [0.25, 0.3) is 5.91 Å². The lowest BCUT2D eigenvalue weighted by Crippen LogP contribution is -2.33. The van der Waals surface area contributed by atoms with Gasteiger partial charge in [0.05, 0.1) is 4.88 Å². The van der Waals surface area contributed by atoms with Gasteiger partial charge in [-0.15, -0.1) is 11.3 Å². The number of nitrogens with zero attached hydrogens (tertiary/aromatic N) is 2. The monoisotopic (exact) mass is 344 g/mol. The molecule has 0 N–H and O–H groups in total. The third-order valence-electron chi connectivity index (χ3n) is 3.54. The number of fused-ring (bicyclic) bond motifs is 1. The fourth-order valence-electron chi connectivity index (χ4n) is 2.40. The van der Waals surface area contributed by atoms with Crippen LogP contribution in [-0.4, -0.2) is 28.9 Å². The van der Waals surface area contributed by atoms with Crippen molar-refractivity contribution in [1.29, 1.82) is 0 Å². The molecule has 3 nitrogen and oxygen atoms in total. The molecule has 0 radical (unpaired) electrons. The Balaban J connectivity index is 2.45. The highest BCUT2D eigenvalue weighted by Gasteiger charge is 2.33. The summed E-state index contributed by atoms with van der Waals surface area (Å²) in [5.74, 6) is 0.179. The topological polar surface area (TPSA) is 33.2 Å². The van der Waals surface area contributed by atoms with E-state index in [9.17, 15) is 18.0 Å². The Morgan fingerprint density at radius 2 is 2.00 bits per heavy atom. The number of carbonyl (C=O) groups excluding carboxylic acids is 1. The molecule has 0 bridgehead atoms. The molecule has 2 aromatic rings. The lowest BCUT2D eigenvalue weighted by molar-refractivity contribution is -0.140. The number of pyridine rings is 1. The summed E-state index contributed by atoms with van der Waals surface area (Å²) in [5.41, 5.74) is -0.238. The molecule has 1 amide bonds. The van der Waals surface area contributed by atoms with Gasteiger partial charge in [-0.1, -0.05) is 13.8 Å². The first-order valence-electron chi connectivity index (χ1n) is 7.41. The van der Waals surface area contributed by atoms with Crippen LogP contribution < -0.4 is 0 Å². The maximum absolute atomic E-state index is 12.8. The molecule has 0 saturated carbocycles. The first kappa shape index (κ1) is 17.7. The molecule has 0 aliphatic rings. The number of aryl methyl sites for hydroxylation is 1. The molecule has 0 spiro atoms. The first-order chi connectivity index (χ1) is 10.6. The van der Waals surface area contributed by atoms with Crippen molar-refractivity contribution in [2.24, 2.45) is 5.92 Å². The summed E-state index contributed by atoms with van der Waals surface area (Å²) < 4.78 is 38.3. The van der Waals surface area contributed by atoms with Gasteiger partial charge in [-0.3, -0.25) is 4.79 Å². The molecule has 0 aromatic carbocycles. The second kappa shape index (κ2) is 6.47. The first-order valence-corrected chi connectivity index (χ1v) is 8.23. The van der Waals surface area contributed by atoms with Crippen molar-refractivity contribution in [2.75, 3.05) is 13.1 Å². The van der Waals surface area contributed by atoms with Crippen molar-refractivity contribution in [2.45, 2.75) is 33.9 Å². The van der Waals surface area contributed by atoms with E-state index in [1.165, 1.54) is 6.07 Å². The minimum absolute atomic E-state index is 0.143. The summed E-state index contributed by atoms with van der Waals surface area (Å²) >= 11 is 1.03. The smallest absolute Gasteiger partial charge is 0.338 e. The highest BCUT2D eigenvalue weighted by Crippen LogP contribution is 2.34. The number of rotatable bonds is 4. The highest BCUT2D eigenvalue weighted by molar-refractivity contribution is 7.20. The average Bonchev–Trinajstić information content (AvgIpc) is 2.79. The van der Waals surface area contributed by atoms with Crippen molar-refractivity contribution < 1.29 is 18.0 Å². The highest BCUT2D eigenvalue weighted by atomic mass is 32.1. The van der Waals surface area contributed by atoms with Gasteiger partial charge in [-0.25, -0.2) is 4.98 Å². The number of thiophene rings is 1. The molecule has 2 aromatic heterocycles. The molecular weight excluding hydrogens is 325 g/mol. The molecule has 23 heavy (non-hydrogen) atoms. The lowest BCUT2D eigenvalue weighted by atomic mass is 10.1. The van der Waals surface area contributed by atoms with E-state index in [1.807, 2.05) is 20.8 Å². The maximum atomic E-state index is 12.8. The summed E-state index contributed by atoms with van der Waals surface area (Å²) in [4.78, 5) is 18.8. The molecule has 2 rings (SSSR count). The third kappa shape index (κ3) is 3.65. The maximum Gasteiger partial charge on any atom is 0.433 e. The summed E-state index contributed by atoms with van der Waals surface area (Å²) in [7, 11) is 0. The van der Waals surface area contributed by atoms with Gasteiger partial charge in [0.2, 0.25) is 0 Å². The summed E-state index contributed by atoms with van der Waals surface area (Å²) in [5, 5.41) is 0.604. The molecular formula is C16H19F3N2OS. The molecule has 2 heterocycles. The Morgan fingerprint density at radius 1 is 1.35 bits per heavy atom. The van der Waals surface area contributed by atoms with Crippen LogP contribution in [-0.2, 0) is 6.18 Å². The van der Waals surface area contributed by atoms with Crippen LogP contribution in [0.3, 0.4) is 0 Å². The van der Waals surface area contributed by atoms with Crippen molar-refractivity contribution in [3.05, 3.63) is 28.3 Å². The van der Waals surface area contributed by atoms with Crippen LogP contribution in [0.15, 0.2) is 12.1 Å². The third-order valence-corrected chi connectivity index (χ3v) is 4.73. The Kier molecular flexibility index (Phi) is 4.98. The number of hydrogen-bond acceptors (Lipinski definition) is 3.